The zero-order chi connectivity index (χ0) is 20.5. The zero-order valence-electron chi connectivity index (χ0n) is 15.0. The summed E-state index contributed by atoms with van der Waals surface area (Å²) >= 11 is 0. The van der Waals surface area contributed by atoms with Crippen molar-refractivity contribution in [3.63, 3.8) is 0 Å². The van der Waals surface area contributed by atoms with E-state index in [0.29, 0.717) is 0 Å². The molecule has 28 heavy (non-hydrogen) atoms. The molecule has 0 spiro atoms. The van der Waals surface area contributed by atoms with Gasteiger partial charge in [0, 0.05) is 31.4 Å². The Labute approximate surface area is 160 Å². The summed E-state index contributed by atoms with van der Waals surface area (Å²) in [4.78, 5) is 12.5. The lowest BCUT2D eigenvalue weighted by atomic mass is 10.2. The highest BCUT2D eigenvalue weighted by Gasteiger charge is 2.34. The van der Waals surface area contributed by atoms with Crippen molar-refractivity contribution in [1.29, 1.82) is 0 Å². The Bertz CT molecular complexity index is 1100. The van der Waals surface area contributed by atoms with Gasteiger partial charge >= 0.3 is 0 Å². The Morgan fingerprint density at radius 2 is 2.14 bits per heavy atom. The van der Waals surface area contributed by atoms with Crippen LogP contribution in [0.3, 0.4) is 0 Å². The van der Waals surface area contributed by atoms with E-state index in [4.69, 9.17) is 4.74 Å². The topological polar surface area (TPSA) is 89.4 Å². The van der Waals surface area contributed by atoms with Gasteiger partial charge in [-0.05, 0) is 19.1 Å². The number of aryl methyl sites for hydroxylation is 1. The van der Waals surface area contributed by atoms with E-state index < -0.39 is 33.6 Å². The van der Waals surface area contributed by atoms with Crippen LogP contribution in [0.25, 0.3) is 0 Å². The highest BCUT2D eigenvalue weighted by molar-refractivity contribution is 7.89. The number of hydrogen-bond acceptors (Lipinski definition) is 4. The van der Waals surface area contributed by atoms with Crippen LogP contribution < -0.4 is 14.8 Å². The maximum absolute atomic E-state index is 13.4. The molecule has 1 aromatic heterocycles. The smallest absolute Gasteiger partial charge is 0.276 e. The second-order valence-electron chi connectivity index (χ2n) is 6.13. The molecule has 2 heterocycles. The van der Waals surface area contributed by atoms with E-state index in [-0.39, 0.29) is 35.1 Å². The fraction of sp³-hybridized carbons (Fsp3) is 0.278. The van der Waals surface area contributed by atoms with Gasteiger partial charge < -0.3 is 14.6 Å². The number of ether oxygens (including phenoxy) is 1. The van der Waals surface area contributed by atoms with E-state index >= 15 is 0 Å². The number of amides is 1. The number of nitrogens with zero attached hydrogens (tertiary/aromatic N) is 1. The number of anilines is 1. The maximum Gasteiger partial charge on any atom is 0.276 e. The van der Waals surface area contributed by atoms with Gasteiger partial charge in [-0.2, -0.15) is 0 Å². The number of rotatable bonds is 3. The number of aromatic nitrogens is 1. The minimum absolute atomic E-state index is 0.0175. The number of carbonyl (C=O) groups excluding carboxylic acids is 1. The lowest BCUT2D eigenvalue weighted by molar-refractivity contribution is 0.101. The number of fused-ring (bicyclic) bond motifs is 1. The number of benzene rings is 1. The maximum atomic E-state index is 13.4. The lowest BCUT2D eigenvalue weighted by Gasteiger charge is -2.13. The van der Waals surface area contributed by atoms with Crippen molar-refractivity contribution in [1.82, 2.24) is 9.29 Å². The molecule has 148 valence electrons. The first kappa shape index (κ1) is 19.9. The Morgan fingerprint density at radius 1 is 1.39 bits per heavy atom. The first-order chi connectivity index (χ1) is 13.2. The van der Waals surface area contributed by atoms with Crippen LogP contribution in [0.1, 0.15) is 23.8 Å². The van der Waals surface area contributed by atoms with Crippen molar-refractivity contribution < 1.29 is 26.7 Å². The third-order valence-electron chi connectivity index (χ3n) is 4.06. The molecule has 1 aliphatic heterocycles. The van der Waals surface area contributed by atoms with Crippen molar-refractivity contribution in [3.05, 3.63) is 41.7 Å². The summed E-state index contributed by atoms with van der Waals surface area (Å²) in [7, 11) is -2.45. The van der Waals surface area contributed by atoms with Gasteiger partial charge in [0.05, 0.1) is 6.04 Å². The van der Waals surface area contributed by atoms with Crippen LogP contribution in [0.4, 0.5) is 14.5 Å². The Kier molecular flexibility index (Phi) is 5.40. The summed E-state index contributed by atoms with van der Waals surface area (Å²) in [5, 5.41) is 2.41. The van der Waals surface area contributed by atoms with Gasteiger partial charge in [-0.3, -0.25) is 4.79 Å². The van der Waals surface area contributed by atoms with Crippen molar-refractivity contribution >= 4 is 21.6 Å². The van der Waals surface area contributed by atoms with E-state index in [1.807, 2.05) is 0 Å². The molecule has 1 unspecified atom stereocenters. The molecule has 10 heteroatoms. The molecule has 1 atom stereocenters. The highest BCUT2D eigenvalue weighted by Crippen LogP contribution is 2.33. The number of hydrogen-bond donors (Lipinski definition) is 2. The quantitative estimate of drug-likeness (QED) is 0.759. The van der Waals surface area contributed by atoms with Crippen LogP contribution in [-0.4, -0.2) is 31.5 Å². The van der Waals surface area contributed by atoms with Crippen molar-refractivity contribution in [2.45, 2.75) is 24.3 Å². The predicted molar refractivity (Wildman–Crippen MR) is 97.4 cm³/mol. The predicted octanol–water partition coefficient (Wildman–Crippen LogP) is 2.01. The molecule has 1 aromatic carbocycles. The third kappa shape index (κ3) is 3.85. The first-order valence-electron chi connectivity index (χ1n) is 8.23. The van der Waals surface area contributed by atoms with Crippen molar-refractivity contribution in [2.75, 3.05) is 11.9 Å². The molecule has 1 aliphatic rings. The van der Waals surface area contributed by atoms with E-state index in [9.17, 15) is 22.0 Å². The van der Waals surface area contributed by atoms with E-state index in [1.165, 1.54) is 23.9 Å². The lowest BCUT2D eigenvalue weighted by Crippen LogP contribution is -2.36. The van der Waals surface area contributed by atoms with Crippen LogP contribution in [-0.2, 0) is 17.1 Å². The Morgan fingerprint density at radius 3 is 2.82 bits per heavy atom. The van der Waals surface area contributed by atoms with Gasteiger partial charge in [-0.25, -0.2) is 21.9 Å². The minimum Gasteiger partial charge on any atom is -0.488 e. The highest BCUT2D eigenvalue weighted by atomic mass is 32.2. The number of nitrogens with one attached hydrogen (secondary N) is 2. The SMILES string of the molecule is CC#CCC1COc2c(cn(C)c2C(=O)Nc2ccc(F)c(F)c2)S(=O)(=O)N1. The van der Waals surface area contributed by atoms with Crippen molar-refractivity contribution in [3.8, 4) is 17.6 Å². The average molecular weight is 409 g/mol. The summed E-state index contributed by atoms with van der Waals surface area (Å²) in [6.07, 6.45) is 1.51. The molecule has 0 fully saturated rings. The van der Waals surface area contributed by atoms with Gasteiger partial charge in [0.15, 0.2) is 23.1 Å². The fourth-order valence-corrected chi connectivity index (χ4v) is 4.17. The van der Waals surface area contributed by atoms with E-state index in [0.717, 1.165) is 12.1 Å². The van der Waals surface area contributed by atoms with Gasteiger partial charge in [0.25, 0.3) is 5.91 Å². The Balaban J connectivity index is 1.94. The number of sulfonamides is 1. The van der Waals surface area contributed by atoms with Crippen LogP contribution in [0, 0.1) is 23.5 Å². The van der Waals surface area contributed by atoms with Crippen LogP contribution >= 0.6 is 0 Å². The molecule has 2 N–H and O–H groups in total. The molecule has 7 nitrogen and oxygen atoms in total. The normalized spacial score (nSPS) is 17.5. The van der Waals surface area contributed by atoms with Gasteiger partial charge in [0.1, 0.15) is 11.5 Å². The third-order valence-corrected chi connectivity index (χ3v) is 5.57. The number of halogens is 2. The summed E-state index contributed by atoms with van der Waals surface area (Å²) in [6, 6.07) is 2.32. The van der Waals surface area contributed by atoms with Gasteiger partial charge in [-0.15, -0.1) is 11.8 Å². The summed E-state index contributed by atoms with van der Waals surface area (Å²) in [5.74, 6) is 2.47. The monoisotopic (exact) mass is 409 g/mol. The van der Waals surface area contributed by atoms with Crippen LogP contribution in [0.2, 0.25) is 0 Å². The fourth-order valence-electron chi connectivity index (χ4n) is 2.76. The summed E-state index contributed by atoms with van der Waals surface area (Å²) in [5.41, 5.74) is -0.0446. The van der Waals surface area contributed by atoms with Gasteiger partial charge in [0.2, 0.25) is 10.0 Å². The van der Waals surface area contributed by atoms with Gasteiger partial charge in [-0.1, -0.05) is 0 Å². The van der Waals surface area contributed by atoms with Crippen LogP contribution in [0.15, 0.2) is 29.3 Å². The molecule has 0 saturated heterocycles. The first-order valence-corrected chi connectivity index (χ1v) is 9.71. The van der Waals surface area contributed by atoms with Crippen molar-refractivity contribution in [2.24, 2.45) is 7.05 Å². The zero-order valence-corrected chi connectivity index (χ0v) is 15.9. The molecule has 0 radical (unpaired) electrons. The standard InChI is InChI=1S/C18H17F2N3O4S/c1-3-4-5-12-10-27-17-15(28(25,26)22-12)9-23(2)16(17)18(24)21-11-6-7-13(19)14(20)8-11/h6-9,12,22H,5,10H2,1-2H3,(H,21,24). The molecular weight excluding hydrogens is 392 g/mol. The Hall–Kier alpha value is -2.90. The molecule has 3 rings (SSSR count). The van der Waals surface area contributed by atoms with E-state index in [1.54, 1.807) is 6.92 Å². The molecular formula is C18H17F2N3O4S. The second kappa shape index (κ2) is 7.61. The summed E-state index contributed by atoms with van der Waals surface area (Å²) < 4.78 is 61.1. The van der Waals surface area contributed by atoms with E-state index in [2.05, 4.69) is 21.9 Å². The molecule has 0 aliphatic carbocycles. The summed E-state index contributed by atoms with van der Waals surface area (Å²) in [6.45, 7) is 1.62. The molecule has 0 saturated carbocycles. The largest absolute Gasteiger partial charge is 0.488 e. The average Bonchev–Trinajstić information content (AvgIpc) is 2.91. The minimum atomic E-state index is -3.93. The number of carbonyl (C=O) groups is 1. The molecule has 0 bridgehead atoms. The molecule has 2 aromatic rings. The second-order valence-corrected chi connectivity index (χ2v) is 7.81. The van der Waals surface area contributed by atoms with Crippen LogP contribution in [0.5, 0.6) is 5.75 Å². The molecule has 1 amide bonds.